The number of rotatable bonds is 7. The van der Waals surface area contributed by atoms with Crippen LogP contribution in [-0.4, -0.2) is 32.4 Å². The second-order valence-electron chi connectivity index (χ2n) is 5.78. The van der Waals surface area contributed by atoms with E-state index in [1.165, 1.54) is 32.5 Å². The van der Waals surface area contributed by atoms with Gasteiger partial charge in [-0.3, -0.25) is 9.40 Å². The van der Waals surface area contributed by atoms with E-state index >= 15 is 0 Å². The predicted molar refractivity (Wildman–Crippen MR) is 108 cm³/mol. The van der Waals surface area contributed by atoms with Crippen LogP contribution in [0.3, 0.4) is 0 Å². The van der Waals surface area contributed by atoms with Gasteiger partial charge in [-0.1, -0.05) is 29.3 Å². The van der Waals surface area contributed by atoms with Gasteiger partial charge in [0.1, 0.15) is 16.4 Å². The van der Waals surface area contributed by atoms with Crippen LogP contribution in [-0.2, 0) is 16.6 Å². The fraction of sp³-hybridized carbons (Fsp3) is 0.167. The highest BCUT2D eigenvalue weighted by atomic mass is 35.5. The van der Waals surface area contributed by atoms with Crippen molar-refractivity contribution in [3.05, 3.63) is 64.4 Å². The molecule has 7 nitrogen and oxygen atoms in total. The summed E-state index contributed by atoms with van der Waals surface area (Å²) >= 11 is 12.1. The van der Waals surface area contributed by atoms with Crippen molar-refractivity contribution in [1.82, 2.24) is 9.78 Å². The number of hydrogen-bond acceptors (Lipinski definition) is 5. The summed E-state index contributed by atoms with van der Waals surface area (Å²) in [7, 11) is -1.06. The molecule has 0 saturated carbocycles. The van der Waals surface area contributed by atoms with Gasteiger partial charge in [0.25, 0.3) is 10.0 Å². The number of sulfonamides is 1. The zero-order valence-corrected chi connectivity index (χ0v) is 17.3. The molecule has 0 radical (unpaired) electrons. The van der Waals surface area contributed by atoms with Gasteiger partial charge in [0, 0.05) is 22.3 Å². The Kier molecular flexibility index (Phi) is 6.02. The van der Waals surface area contributed by atoms with E-state index in [2.05, 4.69) is 9.82 Å². The van der Waals surface area contributed by atoms with E-state index in [1.54, 1.807) is 35.1 Å². The highest BCUT2D eigenvalue weighted by Gasteiger charge is 2.21. The molecule has 0 atom stereocenters. The molecule has 28 heavy (non-hydrogen) atoms. The van der Waals surface area contributed by atoms with E-state index < -0.39 is 10.0 Å². The highest BCUT2D eigenvalue weighted by molar-refractivity contribution is 7.92. The van der Waals surface area contributed by atoms with Gasteiger partial charge in [-0.05, 0) is 29.8 Å². The first kappa shape index (κ1) is 20.3. The largest absolute Gasteiger partial charge is 0.497 e. The third-order valence-electron chi connectivity index (χ3n) is 3.89. The van der Waals surface area contributed by atoms with Crippen molar-refractivity contribution in [3.8, 4) is 11.5 Å². The summed E-state index contributed by atoms with van der Waals surface area (Å²) in [5.74, 6) is 0.600. The molecular formula is C18H17Cl2N3O4S. The van der Waals surface area contributed by atoms with E-state index in [9.17, 15) is 8.42 Å². The molecule has 0 saturated heterocycles. The minimum Gasteiger partial charge on any atom is -0.497 e. The van der Waals surface area contributed by atoms with Crippen molar-refractivity contribution >= 4 is 38.9 Å². The second kappa shape index (κ2) is 8.30. The Hall–Kier alpha value is -2.42. The number of benzene rings is 2. The first-order valence-electron chi connectivity index (χ1n) is 8.03. The minimum atomic E-state index is -3.91. The van der Waals surface area contributed by atoms with Gasteiger partial charge in [-0.15, -0.1) is 0 Å². The smallest absolute Gasteiger partial charge is 0.265 e. The van der Waals surface area contributed by atoms with Crippen LogP contribution in [0.4, 0.5) is 5.69 Å². The van der Waals surface area contributed by atoms with Crippen molar-refractivity contribution in [2.75, 3.05) is 18.9 Å². The fourth-order valence-electron chi connectivity index (χ4n) is 2.53. The molecule has 0 amide bonds. The minimum absolute atomic E-state index is 0.0390. The molecule has 0 aliphatic heterocycles. The lowest BCUT2D eigenvalue weighted by Gasteiger charge is -2.11. The average molecular weight is 442 g/mol. The molecule has 1 N–H and O–H groups in total. The van der Waals surface area contributed by atoms with Crippen molar-refractivity contribution in [2.45, 2.75) is 11.4 Å². The van der Waals surface area contributed by atoms with Crippen LogP contribution in [0.1, 0.15) is 5.56 Å². The number of hydrogen-bond donors (Lipinski definition) is 1. The maximum absolute atomic E-state index is 12.8. The molecule has 3 rings (SSSR count). The van der Waals surface area contributed by atoms with Crippen molar-refractivity contribution in [3.63, 3.8) is 0 Å². The number of aromatic nitrogens is 2. The monoisotopic (exact) mass is 441 g/mol. The van der Waals surface area contributed by atoms with E-state index in [4.69, 9.17) is 32.7 Å². The number of nitrogens with zero attached hydrogens (tertiary/aromatic N) is 2. The van der Waals surface area contributed by atoms with Gasteiger partial charge in [0.15, 0.2) is 0 Å². The number of ether oxygens (including phenoxy) is 2. The zero-order chi connectivity index (χ0) is 20.3. The Morgan fingerprint density at radius 3 is 2.57 bits per heavy atom. The van der Waals surface area contributed by atoms with Gasteiger partial charge >= 0.3 is 0 Å². The van der Waals surface area contributed by atoms with Crippen LogP contribution < -0.4 is 14.2 Å². The maximum atomic E-state index is 12.8. The van der Waals surface area contributed by atoms with Crippen LogP contribution in [0.5, 0.6) is 11.5 Å². The summed E-state index contributed by atoms with van der Waals surface area (Å²) in [4.78, 5) is -0.0390. The van der Waals surface area contributed by atoms with Crippen LogP contribution in [0.15, 0.2) is 53.7 Å². The van der Waals surface area contributed by atoms with Crippen LogP contribution in [0, 0.1) is 0 Å². The summed E-state index contributed by atoms with van der Waals surface area (Å²) in [5.41, 5.74) is 1.10. The zero-order valence-electron chi connectivity index (χ0n) is 15.0. The average Bonchev–Trinajstić information content (AvgIpc) is 3.09. The molecule has 3 aromatic rings. The van der Waals surface area contributed by atoms with Gasteiger partial charge in [-0.25, -0.2) is 8.42 Å². The van der Waals surface area contributed by atoms with Gasteiger partial charge in [0.05, 0.1) is 32.6 Å². The number of nitrogens with one attached hydrogen (secondary N) is 1. The molecule has 1 heterocycles. The fourth-order valence-corrected chi connectivity index (χ4v) is 4.21. The summed E-state index contributed by atoms with van der Waals surface area (Å²) < 4.78 is 39.9. The SMILES string of the molecule is COc1ccc(OC)c(S(=O)(=O)Nc2cnn(Cc3ccc(Cl)cc3Cl)c2)c1. The van der Waals surface area contributed by atoms with Crippen molar-refractivity contribution in [2.24, 2.45) is 0 Å². The molecular weight excluding hydrogens is 425 g/mol. The van der Waals surface area contributed by atoms with Gasteiger partial charge < -0.3 is 9.47 Å². The summed E-state index contributed by atoms with van der Waals surface area (Å²) in [6.45, 7) is 0.361. The maximum Gasteiger partial charge on any atom is 0.265 e. The molecule has 148 valence electrons. The third-order valence-corrected chi connectivity index (χ3v) is 5.88. The molecule has 10 heteroatoms. The van der Waals surface area contributed by atoms with E-state index in [-0.39, 0.29) is 10.6 Å². The molecule has 0 aliphatic carbocycles. The molecule has 1 aromatic heterocycles. The lowest BCUT2D eigenvalue weighted by molar-refractivity contribution is 0.392. The Morgan fingerprint density at radius 2 is 1.89 bits per heavy atom. The molecule has 2 aromatic carbocycles. The van der Waals surface area contributed by atoms with Crippen molar-refractivity contribution in [1.29, 1.82) is 0 Å². The second-order valence-corrected chi connectivity index (χ2v) is 8.28. The standard InChI is InChI=1S/C18H17Cl2N3O4S/c1-26-15-5-6-17(27-2)18(8-15)28(24,25)22-14-9-21-23(11-14)10-12-3-4-13(19)7-16(12)20/h3-9,11,22H,10H2,1-2H3. The lowest BCUT2D eigenvalue weighted by Crippen LogP contribution is -2.14. The topological polar surface area (TPSA) is 82.4 Å². The van der Waals surface area contributed by atoms with Gasteiger partial charge in [-0.2, -0.15) is 5.10 Å². The van der Waals surface area contributed by atoms with E-state index in [1.807, 2.05) is 0 Å². The van der Waals surface area contributed by atoms with Gasteiger partial charge in [0.2, 0.25) is 0 Å². The Balaban J connectivity index is 1.82. The Labute approximate surface area is 172 Å². The van der Waals surface area contributed by atoms with Crippen molar-refractivity contribution < 1.29 is 17.9 Å². The number of methoxy groups -OCH3 is 2. The Bertz CT molecular complexity index is 1100. The third kappa shape index (κ3) is 4.52. The summed E-state index contributed by atoms with van der Waals surface area (Å²) in [6, 6.07) is 9.69. The normalized spacial score (nSPS) is 11.3. The van der Waals surface area contributed by atoms with E-state index in [0.29, 0.717) is 28.0 Å². The lowest BCUT2D eigenvalue weighted by atomic mass is 10.2. The predicted octanol–water partition coefficient (Wildman–Crippen LogP) is 4.06. The molecule has 0 fully saturated rings. The van der Waals surface area contributed by atoms with Crippen LogP contribution in [0.25, 0.3) is 0 Å². The summed E-state index contributed by atoms with van der Waals surface area (Å²) in [5, 5.41) is 5.21. The molecule has 0 bridgehead atoms. The summed E-state index contributed by atoms with van der Waals surface area (Å²) in [6.07, 6.45) is 2.98. The number of anilines is 1. The van der Waals surface area contributed by atoms with Crippen LogP contribution >= 0.6 is 23.2 Å². The van der Waals surface area contributed by atoms with E-state index in [0.717, 1.165) is 5.56 Å². The first-order valence-corrected chi connectivity index (χ1v) is 10.3. The first-order chi connectivity index (χ1) is 13.3. The number of halogens is 2. The molecule has 0 unspecified atom stereocenters. The Morgan fingerprint density at radius 1 is 1.11 bits per heavy atom. The molecule has 0 aliphatic rings. The highest BCUT2D eigenvalue weighted by Crippen LogP contribution is 2.29. The van der Waals surface area contributed by atoms with Crippen LogP contribution in [0.2, 0.25) is 10.0 Å². The quantitative estimate of drug-likeness (QED) is 0.597. The molecule has 0 spiro atoms.